The summed E-state index contributed by atoms with van der Waals surface area (Å²) in [5.74, 6) is 0. The van der Waals surface area contributed by atoms with E-state index in [9.17, 15) is 0 Å². The first-order chi connectivity index (χ1) is 9.08. The highest BCUT2D eigenvalue weighted by Crippen LogP contribution is 2.33. The van der Waals surface area contributed by atoms with Gasteiger partial charge in [-0.2, -0.15) is 0 Å². The summed E-state index contributed by atoms with van der Waals surface area (Å²) in [6.45, 7) is 4.02. The van der Waals surface area contributed by atoms with E-state index in [1.165, 1.54) is 17.3 Å². The van der Waals surface area contributed by atoms with Crippen molar-refractivity contribution in [2.45, 2.75) is 42.8 Å². The zero-order chi connectivity index (χ0) is 13.8. The van der Waals surface area contributed by atoms with E-state index in [4.69, 9.17) is 10.2 Å². The second-order valence-electron chi connectivity index (χ2n) is 4.49. The maximum Gasteiger partial charge on any atom is 0.260 e. The van der Waals surface area contributed by atoms with Crippen LogP contribution in [-0.2, 0) is 6.42 Å². The molecule has 1 unspecified atom stereocenters. The van der Waals surface area contributed by atoms with Gasteiger partial charge in [0.05, 0.1) is 5.69 Å². The molecule has 1 atom stereocenters. The molecule has 2 aromatic rings. The molecule has 2 N–H and O–H groups in total. The van der Waals surface area contributed by atoms with Gasteiger partial charge < -0.3 is 10.2 Å². The molecule has 0 saturated carbocycles. The average molecular weight is 341 g/mol. The maximum absolute atomic E-state index is 5.97. The van der Waals surface area contributed by atoms with Crippen molar-refractivity contribution in [3.63, 3.8) is 0 Å². The number of halogens is 1. The van der Waals surface area contributed by atoms with Crippen molar-refractivity contribution >= 4 is 27.7 Å². The fourth-order valence-electron chi connectivity index (χ4n) is 1.67. The lowest BCUT2D eigenvalue weighted by Crippen LogP contribution is -2.21. The van der Waals surface area contributed by atoms with Gasteiger partial charge in [-0.15, -0.1) is 0 Å². The number of nitrogens with two attached hydrogens (primary N) is 1. The minimum absolute atomic E-state index is 0.222. The first kappa shape index (κ1) is 14.6. The van der Waals surface area contributed by atoms with Gasteiger partial charge in [-0.25, -0.2) is 4.98 Å². The van der Waals surface area contributed by atoms with Crippen LogP contribution in [0.1, 0.15) is 24.6 Å². The van der Waals surface area contributed by atoms with Gasteiger partial charge in [0.1, 0.15) is 6.26 Å². The number of rotatable bonds is 5. The maximum atomic E-state index is 5.97. The fourth-order valence-corrected chi connectivity index (χ4v) is 3.11. The third-order valence-corrected chi connectivity index (χ3v) is 4.67. The first-order valence-corrected chi connectivity index (χ1v) is 7.83. The lowest BCUT2D eigenvalue weighted by molar-refractivity contribution is 0.454. The van der Waals surface area contributed by atoms with E-state index in [1.807, 2.05) is 6.92 Å². The topological polar surface area (TPSA) is 52.0 Å². The summed E-state index contributed by atoms with van der Waals surface area (Å²) in [5, 5.41) is 0.663. The van der Waals surface area contributed by atoms with Gasteiger partial charge in [0, 0.05) is 15.4 Å². The van der Waals surface area contributed by atoms with Crippen LogP contribution in [-0.4, -0.2) is 11.0 Å². The Bertz CT molecular complexity index is 556. The van der Waals surface area contributed by atoms with Crippen LogP contribution in [0, 0.1) is 6.92 Å². The molecule has 0 spiro atoms. The second-order valence-corrected chi connectivity index (χ2v) is 6.34. The minimum Gasteiger partial charge on any atom is -0.439 e. The summed E-state index contributed by atoms with van der Waals surface area (Å²) in [5.41, 5.74) is 8.11. The summed E-state index contributed by atoms with van der Waals surface area (Å²) >= 11 is 5.10. The van der Waals surface area contributed by atoms with E-state index < -0.39 is 0 Å². The molecule has 0 aliphatic heterocycles. The largest absolute Gasteiger partial charge is 0.439 e. The zero-order valence-electron chi connectivity index (χ0n) is 11.0. The SMILES string of the molecule is CCC(N)Cc1ccc(Sc2nc(C)co2)c(Br)c1. The Balaban J connectivity index is 2.10. The molecule has 0 aliphatic rings. The van der Waals surface area contributed by atoms with Crippen LogP contribution in [0.15, 0.2) is 43.5 Å². The Hall–Kier alpha value is -0.780. The average Bonchev–Trinajstić information content (AvgIpc) is 2.78. The van der Waals surface area contributed by atoms with E-state index in [1.54, 1.807) is 6.26 Å². The van der Waals surface area contributed by atoms with Crippen LogP contribution in [0.25, 0.3) is 0 Å². The fraction of sp³-hybridized carbons (Fsp3) is 0.357. The molecule has 0 radical (unpaired) electrons. The quantitative estimate of drug-likeness (QED) is 0.887. The van der Waals surface area contributed by atoms with Gasteiger partial charge in [0.2, 0.25) is 0 Å². The van der Waals surface area contributed by atoms with Crippen molar-refractivity contribution in [3.8, 4) is 0 Å². The van der Waals surface area contributed by atoms with Crippen molar-refractivity contribution in [1.82, 2.24) is 4.98 Å². The summed E-state index contributed by atoms with van der Waals surface area (Å²) in [6.07, 6.45) is 3.55. The van der Waals surface area contributed by atoms with Crippen LogP contribution in [0.3, 0.4) is 0 Å². The van der Waals surface area contributed by atoms with Gasteiger partial charge in [-0.05, 0) is 65.2 Å². The molecule has 0 amide bonds. The Morgan fingerprint density at radius 3 is 2.84 bits per heavy atom. The van der Waals surface area contributed by atoms with E-state index in [0.717, 1.165) is 27.9 Å². The normalized spacial score (nSPS) is 12.6. The van der Waals surface area contributed by atoms with Crippen molar-refractivity contribution in [2.24, 2.45) is 5.73 Å². The van der Waals surface area contributed by atoms with Crippen molar-refractivity contribution in [1.29, 1.82) is 0 Å². The number of aromatic nitrogens is 1. The number of oxazole rings is 1. The number of nitrogens with zero attached hydrogens (tertiary/aromatic N) is 1. The molecule has 0 saturated heterocycles. The highest BCUT2D eigenvalue weighted by atomic mass is 79.9. The molecule has 0 aliphatic carbocycles. The van der Waals surface area contributed by atoms with E-state index in [0.29, 0.717) is 5.22 Å². The van der Waals surface area contributed by atoms with Crippen molar-refractivity contribution in [2.75, 3.05) is 0 Å². The highest BCUT2D eigenvalue weighted by Gasteiger charge is 2.09. The number of benzene rings is 1. The standard InChI is InChI=1S/C14H17BrN2OS/c1-3-11(16)6-10-4-5-13(12(15)7-10)19-14-17-9(2)8-18-14/h4-5,7-8,11H,3,6,16H2,1-2H3. The van der Waals surface area contributed by atoms with Crippen molar-refractivity contribution in [3.05, 3.63) is 40.2 Å². The third kappa shape index (κ3) is 4.09. The first-order valence-electron chi connectivity index (χ1n) is 6.22. The molecule has 0 bridgehead atoms. The van der Waals surface area contributed by atoms with E-state index >= 15 is 0 Å². The van der Waals surface area contributed by atoms with Gasteiger partial charge in [0.25, 0.3) is 5.22 Å². The molecule has 0 fully saturated rings. The molecule has 5 heteroatoms. The molecular weight excluding hydrogens is 324 g/mol. The third-order valence-electron chi connectivity index (χ3n) is 2.81. The highest BCUT2D eigenvalue weighted by molar-refractivity contribution is 9.10. The summed E-state index contributed by atoms with van der Waals surface area (Å²) in [4.78, 5) is 5.38. The minimum atomic E-state index is 0.222. The van der Waals surface area contributed by atoms with Crippen molar-refractivity contribution < 1.29 is 4.42 Å². The summed E-state index contributed by atoms with van der Waals surface area (Å²) in [7, 11) is 0. The van der Waals surface area contributed by atoms with Gasteiger partial charge in [0.15, 0.2) is 0 Å². The summed E-state index contributed by atoms with van der Waals surface area (Å²) < 4.78 is 6.40. The van der Waals surface area contributed by atoms with Gasteiger partial charge >= 0.3 is 0 Å². The number of aryl methyl sites for hydroxylation is 1. The molecular formula is C14H17BrN2OS. The smallest absolute Gasteiger partial charge is 0.260 e. The Labute approximate surface area is 126 Å². The summed E-state index contributed by atoms with van der Waals surface area (Å²) in [6, 6.07) is 6.53. The van der Waals surface area contributed by atoms with Crippen LogP contribution in [0.4, 0.5) is 0 Å². The molecule has 1 heterocycles. The monoisotopic (exact) mass is 340 g/mol. The lowest BCUT2D eigenvalue weighted by atomic mass is 10.1. The second kappa shape index (κ2) is 6.59. The molecule has 102 valence electrons. The predicted octanol–water partition coefficient (Wildman–Crippen LogP) is 4.18. The Morgan fingerprint density at radius 1 is 1.47 bits per heavy atom. The lowest BCUT2D eigenvalue weighted by Gasteiger charge is -2.10. The Morgan fingerprint density at radius 2 is 2.26 bits per heavy atom. The van der Waals surface area contributed by atoms with Crippen LogP contribution in [0.5, 0.6) is 0 Å². The molecule has 19 heavy (non-hydrogen) atoms. The van der Waals surface area contributed by atoms with Crippen LogP contribution < -0.4 is 5.73 Å². The molecule has 1 aromatic carbocycles. The Kier molecular flexibility index (Phi) is 5.07. The zero-order valence-corrected chi connectivity index (χ0v) is 13.4. The molecule has 3 nitrogen and oxygen atoms in total. The van der Waals surface area contributed by atoms with Crippen LogP contribution >= 0.6 is 27.7 Å². The van der Waals surface area contributed by atoms with Gasteiger partial charge in [-0.3, -0.25) is 0 Å². The predicted molar refractivity (Wildman–Crippen MR) is 81.5 cm³/mol. The number of hydrogen-bond acceptors (Lipinski definition) is 4. The molecule has 1 aromatic heterocycles. The number of hydrogen-bond donors (Lipinski definition) is 1. The van der Waals surface area contributed by atoms with Gasteiger partial charge in [-0.1, -0.05) is 13.0 Å². The van der Waals surface area contributed by atoms with E-state index in [2.05, 4.69) is 46.0 Å². The van der Waals surface area contributed by atoms with Crippen LogP contribution in [0.2, 0.25) is 0 Å². The van der Waals surface area contributed by atoms with E-state index in [-0.39, 0.29) is 6.04 Å². The molecule has 2 rings (SSSR count).